The van der Waals surface area contributed by atoms with Crippen LogP contribution >= 0.6 is 15.9 Å². The minimum atomic E-state index is 0.472. The zero-order chi connectivity index (χ0) is 14.4. The van der Waals surface area contributed by atoms with Crippen LogP contribution in [-0.4, -0.2) is 30.2 Å². The van der Waals surface area contributed by atoms with Crippen LogP contribution in [0.3, 0.4) is 0 Å². The molecule has 106 valence electrons. The second-order valence-electron chi connectivity index (χ2n) is 4.01. The fourth-order valence-electron chi connectivity index (χ4n) is 1.60. The first kappa shape index (κ1) is 14.5. The normalized spacial score (nSPS) is 10.3. The number of nitrogens with zero attached hydrogens (tertiary/aromatic N) is 2. The van der Waals surface area contributed by atoms with E-state index in [1.54, 1.807) is 7.11 Å². The van der Waals surface area contributed by atoms with Crippen LogP contribution in [0, 0.1) is 0 Å². The third-order valence-electron chi connectivity index (χ3n) is 2.61. The van der Waals surface area contributed by atoms with Gasteiger partial charge in [0.25, 0.3) is 0 Å². The molecule has 0 unspecified atom stereocenters. The predicted molar refractivity (Wildman–Crippen MR) is 84.2 cm³/mol. The molecular weight excluding hydrogens is 322 g/mol. The number of hydrogen-bond acceptors (Lipinski definition) is 6. The number of methoxy groups -OCH3 is 1. The number of rotatable bonds is 6. The molecule has 4 N–H and O–H groups in total. The van der Waals surface area contributed by atoms with Crippen LogP contribution in [0.25, 0.3) is 0 Å². The first-order chi connectivity index (χ1) is 9.72. The van der Waals surface area contributed by atoms with Gasteiger partial charge in [0.1, 0.15) is 12.0 Å². The SMILES string of the molecule is COCCNc1ncnc(Nc2ccccc2Br)c1N. The highest BCUT2D eigenvalue weighted by Gasteiger charge is 2.09. The number of anilines is 4. The van der Waals surface area contributed by atoms with Crippen LogP contribution in [0.4, 0.5) is 23.0 Å². The maximum absolute atomic E-state index is 6.06. The van der Waals surface area contributed by atoms with Gasteiger partial charge in [-0.15, -0.1) is 0 Å². The van der Waals surface area contributed by atoms with Crippen molar-refractivity contribution in [1.82, 2.24) is 9.97 Å². The van der Waals surface area contributed by atoms with E-state index in [0.717, 1.165) is 10.2 Å². The molecule has 0 bridgehead atoms. The van der Waals surface area contributed by atoms with Gasteiger partial charge in [-0.3, -0.25) is 0 Å². The van der Waals surface area contributed by atoms with Gasteiger partial charge >= 0.3 is 0 Å². The Bertz CT molecular complexity index is 578. The third kappa shape index (κ3) is 3.58. The standard InChI is InChI=1S/C13H16BrN5O/c1-20-7-6-16-12-11(15)13(18-8-17-12)19-10-5-3-2-4-9(10)14/h2-5,8H,6-7,15H2,1H3,(H2,16,17,18,19). The number of aromatic nitrogens is 2. The molecule has 0 aliphatic heterocycles. The monoisotopic (exact) mass is 337 g/mol. The van der Waals surface area contributed by atoms with Gasteiger partial charge in [0.2, 0.25) is 0 Å². The molecule has 2 rings (SSSR count). The summed E-state index contributed by atoms with van der Waals surface area (Å²) < 4.78 is 5.91. The van der Waals surface area contributed by atoms with Gasteiger partial charge in [0.05, 0.1) is 12.3 Å². The van der Waals surface area contributed by atoms with Crippen molar-refractivity contribution < 1.29 is 4.74 Å². The molecule has 0 saturated heterocycles. The Balaban J connectivity index is 2.16. The van der Waals surface area contributed by atoms with Crippen LogP contribution in [0.15, 0.2) is 35.1 Å². The second-order valence-corrected chi connectivity index (χ2v) is 4.86. The number of hydrogen-bond donors (Lipinski definition) is 3. The average molecular weight is 338 g/mol. The minimum absolute atomic E-state index is 0.472. The van der Waals surface area contributed by atoms with Crippen LogP contribution in [0.5, 0.6) is 0 Å². The molecule has 0 spiro atoms. The Morgan fingerprint density at radius 3 is 2.75 bits per heavy atom. The summed E-state index contributed by atoms with van der Waals surface area (Å²) in [6.07, 6.45) is 1.46. The van der Waals surface area contributed by atoms with E-state index in [1.165, 1.54) is 6.33 Å². The van der Waals surface area contributed by atoms with E-state index in [2.05, 4.69) is 36.5 Å². The summed E-state index contributed by atoms with van der Waals surface area (Å²) in [5, 5.41) is 6.28. The van der Waals surface area contributed by atoms with Crippen molar-refractivity contribution >= 4 is 38.9 Å². The molecule has 2 aromatic rings. The molecule has 0 aliphatic carbocycles. The van der Waals surface area contributed by atoms with Crippen molar-refractivity contribution in [2.45, 2.75) is 0 Å². The molecule has 20 heavy (non-hydrogen) atoms. The molecule has 0 aliphatic rings. The first-order valence-electron chi connectivity index (χ1n) is 6.07. The highest BCUT2D eigenvalue weighted by atomic mass is 79.9. The van der Waals surface area contributed by atoms with E-state index in [1.807, 2.05) is 24.3 Å². The smallest absolute Gasteiger partial charge is 0.159 e. The van der Waals surface area contributed by atoms with Gasteiger partial charge in [0, 0.05) is 18.1 Å². The highest BCUT2D eigenvalue weighted by molar-refractivity contribution is 9.10. The van der Waals surface area contributed by atoms with Gasteiger partial charge in [-0.2, -0.15) is 0 Å². The maximum atomic E-state index is 6.06. The summed E-state index contributed by atoms with van der Waals surface area (Å²) in [6.45, 7) is 1.21. The zero-order valence-electron chi connectivity index (χ0n) is 11.1. The fourth-order valence-corrected chi connectivity index (χ4v) is 1.98. The molecule has 1 aromatic heterocycles. The lowest BCUT2D eigenvalue weighted by molar-refractivity contribution is 0.210. The molecular formula is C13H16BrN5O. The fraction of sp³-hybridized carbons (Fsp3) is 0.231. The van der Waals surface area contributed by atoms with Crippen molar-refractivity contribution in [2.24, 2.45) is 0 Å². The lowest BCUT2D eigenvalue weighted by Crippen LogP contribution is -2.12. The van der Waals surface area contributed by atoms with Gasteiger partial charge < -0.3 is 21.1 Å². The van der Waals surface area contributed by atoms with Crippen LogP contribution in [0.1, 0.15) is 0 Å². The van der Waals surface area contributed by atoms with Crippen molar-refractivity contribution in [1.29, 1.82) is 0 Å². The Kier molecular flexibility index (Phi) is 5.14. The topological polar surface area (TPSA) is 85.1 Å². The number of nitrogens with one attached hydrogen (secondary N) is 2. The Morgan fingerprint density at radius 1 is 1.25 bits per heavy atom. The summed E-state index contributed by atoms with van der Waals surface area (Å²) in [7, 11) is 1.64. The van der Waals surface area contributed by atoms with Crippen molar-refractivity contribution in [3.63, 3.8) is 0 Å². The molecule has 1 aromatic carbocycles. The number of nitrogen functional groups attached to an aromatic ring is 1. The van der Waals surface area contributed by atoms with Crippen LogP contribution in [0.2, 0.25) is 0 Å². The second kappa shape index (κ2) is 7.06. The largest absolute Gasteiger partial charge is 0.393 e. The van der Waals surface area contributed by atoms with Crippen LogP contribution in [-0.2, 0) is 4.74 Å². The lowest BCUT2D eigenvalue weighted by Gasteiger charge is -2.13. The number of halogens is 1. The highest BCUT2D eigenvalue weighted by Crippen LogP contribution is 2.29. The Hall–Kier alpha value is -1.86. The molecule has 6 nitrogen and oxygen atoms in total. The van der Waals surface area contributed by atoms with E-state index in [0.29, 0.717) is 30.5 Å². The van der Waals surface area contributed by atoms with E-state index in [4.69, 9.17) is 10.5 Å². The molecule has 0 fully saturated rings. The summed E-state index contributed by atoms with van der Waals surface area (Å²) >= 11 is 3.47. The van der Waals surface area contributed by atoms with E-state index >= 15 is 0 Å². The third-order valence-corrected chi connectivity index (χ3v) is 3.30. The number of benzene rings is 1. The van der Waals surface area contributed by atoms with Crippen molar-refractivity contribution in [3.05, 3.63) is 35.1 Å². The van der Waals surface area contributed by atoms with E-state index in [9.17, 15) is 0 Å². The summed E-state index contributed by atoms with van der Waals surface area (Å²) in [6, 6.07) is 7.75. The maximum Gasteiger partial charge on any atom is 0.159 e. The Labute approximate surface area is 125 Å². The van der Waals surface area contributed by atoms with Gasteiger partial charge in [-0.25, -0.2) is 9.97 Å². The van der Waals surface area contributed by atoms with E-state index < -0.39 is 0 Å². The zero-order valence-corrected chi connectivity index (χ0v) is 12.6. The molecule has 0 amide bonds. The van der Waals surface area contributed by atoms with Gasteiger partial charge in [0.15, 0.2) is 11.6 Å². The molecule has 1 heterocycles. The number of ether oxygens (including phenoxy) is 1. The quantitative estimate of drug-likeness (QED) is 0.702. The number of para-hydroxylation sites is 1. The Morgan fingerprint density at radius 2 is 2.00 bits per heavy atom. The first-order valence-corrected chi connectivity index (χ1v) is 6.86. The van der Waals surface area contributed by atoms with Crippen LogP contribution < -0.4 is 16.4 Å². The molecule has 0 atom stereocenters. The molecule has 0 radical (unpaired) electrons. The lowest BCUT2D eigenvalue weighted by atomic mass is 10.3. The molecule has 7 heteroatoms. The van der Waals surface area contributed by atoms with Crippen molar-refractivity contribution in [2.75, 3.05) is 36.6 Å². The van der Waals surface area contributed by atoms with E-state index in [-0.39, 0.29) is 0 Å². The summed E-state index contributed by atoms with van der Waals surface area (Å²) in [4.78, 5) is 8.28. The van der Waals surface area contributed by atoms with Gasteiger partial charge in [-0.1, -0.05) is 12.1 Å². The average Bonchev–Trinajstić information content (AvgIpc) is 2.45. The summed E-state index contributed by atoms with van der Waals surface area (Å²) in [5.74, 6) is 1.15. The molecule has 0 saturated carbocycles. The predicted octanol–water partition coefficient (Wildman–Crippen LogP) is 2.62. The number of nitrogens with two attached hydrogens (primary N) is 1. The van der Waals surface area contributed by atoms with Crippen molar-refractivity contribution in [3.8, 4) is 0 Å². The minimum Gasteiger partial charge on any atom is -0.393 e. The van der Waals surface area contributed by atoms with Gasteiger partial charge in [-0.05, 0) is 28.1 Å². The summed E-state index contributed by atoms with van der Waals surface area (Å²) in [5.41, 5.74) is 7.42.